The molecule has 0 unspecified atom stereocenters. The molecule has 128 valence electrons. The van der Waals surface area contributed by atoms with Gasteiger partial charge in [0.15, 0.2) is 0 Å². The van der Waals surface area contributed by atoms with E-state index in [1.54, 1.807) is 11.0 Å². The summed E-state index contributed by atoms with van der Waals surface area (Å²) in [5, 5.41) is 15.3. The van der Waals surface area contributed by atoms with Crippen LogP contribution in [0.4, 0.5) is 0 Å². The van der Waals surface area contributed by atoms with E-state index < -0.39 is 0 Å². The summed E-state index contributed by atoms with van der Waals surface area (Å²) >= 11 is 0. The van der Waals surface area contributed by atoms with Gasteiger partial charge < -0.3 is 9.26 Å². The third-order valence-electron chi connectivity index (χ3n) is 4.83. The lowest BCUT2D eigenvalue weighted by molar-refractivity contribution is -0.0548. The zero-order chi connectivity index (χ0) is 16.6. The molecule has 0 spiro atoms. The second-order valence-electron chi connectivity index (χ2n) is 6.38. The molecular weight excluding hydrogens is 322 g/mol. The second kappa shape index (κ2) is 6.01. The number of ether oxygens (including phenoxy) is 1. The Bertz CT molecular complexity index is 863. The Balaban J connectivity index is 1.39. The lowest BCUT2D eigenvalue weighted by atomic mass is 10.2. The number of nitrogens with zero attached hydrogens (tertiary/aromatic N) is 7. The monoisotopic (exact) mass is 339 g/mol. The summed E-state index contributed by atoms with van der Waals surface area (Å²) in [4.78, 5) is 7.01. The summed E-state index contributed by atoms with van der Waals surface area (Å²) in [7, 11) is 0. The topological polar surface area (TPSA) is 95.0 Å². The fourth-order valence-electron chi connectivity index (χ4n) is 3.52. The van der Waals surface area contributed by atoms with E-state index in [1.165, 1.54) is 12.8 Å². The number of rotatable bonds is 3. The van der Waals surface area contributed by atoms with E-state index in [0.717, 1.165) is 30.9 Å². The van der Waals surface area contributed by atoms with Gasteiger partial charge in [0.05, 0.1) is 12.3 Å². The van der Waals surface area contributed by atoms with Crippen LogP contribution in [0, 0.1) is 0 Å². The standard InChI is InChI=1S/C16H17N7O2/c1-3-11(7-12(4-1)23-10-17-20-21-23)16-18-15(19-25-16)14-8-22-6-2-5-13(22)9-24-14/h1,3-4,7,10,13-14H,2,5-6,8-9H2/t13-,14+/m0/s1. The van der Waals surface area contributed by atoms with E-state index in [9.17, 15) is 0 Å². The number of benzene rings is 1. The van der Waals surface area contributed by atoms with Crippen LogP contribution >= 0.6 is 0 Å². The van der Waals surface area contributed by atoms with Crippen LogP contribution in [0.5, 0.6) is 0 Å². The fraction of sp³-hybridized carbons (Fsp3) is 0.438. The third kappa shape index (κ3) is 2.71. The molecule has 2 aromatic heterocycles. The smallest absolute Gasteiger partial charge is 0.258 e. The number of hydrogen-bond acceptors (Lipinski definition) is 8. The van der Waals surface area contributed by atoms with Gasteiger partial charge in [-0.15, -0.1) is 5.10 Å². The molecule has 5 rings (SSSR count). The van der Waals surface area contributed by atoms with Crippen LogP contribution in [0.2, 0.25) is 0 Å². The largest absolute Gasteiger partial charge is 0.367 e. The normalized spacial score (nSPS) is 23.7. The van der Waals surface area contributed by atoms with Gasteiger partial charge >= 0.3 is 0 Å². The summed E-state index contributed by atoms with van der Waals surface area (Å²) in [6.07, 6.45) is 3.87. The molecule has 1 aromatic carbocycles. The maximum Gasteiger partial charge on any atom is 0.258 e. The van der Waals surface area contributed by atoms with E-state index >= 15 is 0 Å². The molecule has 0 amide bonds. The molecule has 9 heteroatoms. The Hall–Kier alpha value is -2.65. The first-order valence-corrected chi connectivity index (χ1v) is 8.40. The number of morpholine rings is 1. The summed E-state index contributed by atoms with van der Waals surface area (Å²) in [6, 6.07) is 8.20. The van der Waals surface area contributed by atoms with E-state index in [1.807, 2.05) is 24.3 Å². The lowest BCUT2D eigenvalue weighted by Crippen LogP contribution is -2.42. The number of aromatic nitrogens is 6. The molecule has 9 nitrogen and oxygen atoms in total. The van der Waals surface area contributed by atoms with Gasteiger partial charge in [-0.25, -0.2) is 4.68 Å². The van der Waals surface area contributed by atoms with Gasteiger partial charge in [-0.05, 0) is 48.0 Å². The molecule has 0 radical (unpaired) electrons. The van der Waals surface area contributed by atoms with Crippen LogP contribution in [0.25, 0.3) is 17.1 Å². The van der Waals surface area contributed by atoms with Crippen molar-refractivity contribution in [1.29, 1.82) is 0 Å². The number of tetrazole rings is 1. The van der Waals surface area contributed by atoms with Crippen LogP contribution in [-0.2, 0) is 4.74 Å². The average molecular weight is 339 g/mol. The number of hydrogen-bond donors (Lipinski definition) is 0. The molecule has 0 saturated carbocycles. The van der Waals surface area contributed by atoms with Crippen molar-refractivity contribution in [1.82, 2.24) is 35.2 Å². The maximum atomic E-state index is 5.95. The van der Waals surface area contributed by atoms with Crippen LogP contribution in [0.1, 0.15) is 24.8 Å². The van der Waals surface area contributed by atoms with Gasteiger partial charge in [0.25, 0.3) is 5.89 Å². The number of fused-ring (bicyclic) bond motifs is 1. The lowest BCUT2D eigenvalue weighted by Gasteiger charge is -2.33. The Morgan fingerprint density at radius 3 is 3.16 bits per heavy atom. The van der Waals surface area contributed by atoms with Crippen LogP contribution in [-0.4, -0.2) is 61.0 Å². The van der Waals surface area contributed by atoms with E-state index in [0.29, 0.717) is 17.8 Å². The zero-order valence-electron chi connectivity index (χ0n) is 13.5. The SMILES string of the molecule is c1cc(-c2nc([C@H]3CN4CCC[C@H]4CO3)no2)cc(-n2cnnn2)c1. The summed E-state index contributed by atoms with van der Waals surface area (Å²) < 4.78 is 13.0. The molecule has 2 atom stereocenters. The highest BCUT2D eigenvalue weighted by molar-refractivity contribution is 5.57. The van der Waals surface area contributed by atoms with Crippen molar-refractivity contribution in [2.24, 2.45) is 0 Å². The van der Waals surface area contributed by atoms with Gasteiger partial charge in [-0.2, -0.15) is 4.98 Å². The molecule has 25 heavy (non-hydrogen) atoms. The molecule has 0 N–H and O–H groups in total. The molecule has 2 fully saturated rings. The maximum absolute atomic E-state index is 5.95. The van der Waals surface area contributed by atoms with Gasteiger partial charge in [0.1, 0.15) is 12.4 Å². The van der Waals surface area contributed by atoms with Crippen LogP contribution in [0.3, 0.4) is 0 Å². The minimum absolute atomic E-state index is 0.130. The molecule has 4 heterocycles. The molecular formula is C16H17N7O2. The highest BCUT2D eigenvalue weighted by Gasteiger charge is 2.34. The zero-order valence-corrected chi connectivity index (χ0v) is 13.5. The van der Waals surface area contributed by atoms with Crippen molar-refractivity contribution < 1.29 is 9.26 Å². The Kier molecular flexibility index (Phi) is 3.53. The van der Waals surface area contributed by atoms with E-state index in [-0.39, 0.29) is 6.10 Å². The first kappa shape index (κ1) is 14.7. The van der Waals surface area contributed by atoms with Gasteiger partial charge in [-0.3, -0.25) is 4.90 Å². The third-order valence-corrected chi connectivity index (χ3v) is 4.83. The predicted molar refractivity (Wildman–Crippen MR) is 85.7 cm³/mol. The second-order valence-corrected chi connectivity index (χ2v) is 6.38. The first-order valence-electron chi connectivity index (χ1n) is 8.40. The summed E-state index contributed by atoms with van der Waals surface area (Å²) in [5.74, 6) is 1.07. The average Bonchev–Trinajstić information content (AvgIpc) is 3.42. The molecule has 2 saturated heterocycles. The van der Waals surface area contributed by atoms with Crippen LogP contribution < -0.4 is 0 Å². The van der Waals surface area contributed by atoms with Crippen LogP contribution in [0.15, 0.2) is 35.1 Å². The Morgan fingerprint density at radius 2 is 2.24 bits per heavy atom. The van der Waals surface area contributed by atoms with Crippen molar-refractivity contribution >= 4 is 0 Å². The Morgan fingerprint density at radius 1 is 1.24 bits per heavy atom. The highest BCUT2D eigenvalue weighted by Crippen LogP contribution is 2.30. The van der Waals surface area contributed by atoms with Crippen molar-refractivity contribution in [3.05, 3.63) is 36.4 Å². The fourth-order valence-corrected chi connectivity index (χ4v) is 3.52. The molecule has 2 aliphatic rings. The molecule has 3 aromatic rings. The van der Waals surface area contributed by atoms with Gasteiger partial charge in [-0.1, -0.05) is 11.2 Å². The van der Waals surface area contributed by atoms with Gasteiger partial charge in [0, 0.05) is 18.2 Å². The Labute approximate surface area is 143 Å². The van der Waals surface area contributed by atoms with E-state index in [2.05, 4.69) is 30.6 Å². The minimum atomic E-state index is -0.130. The highest BCUT2D eigenvalue weighted by atomic mass is 16.5. The summed E-state index contributed by atoms with van der Waals surface area (Å²) in [5.41, 5.74) is 1.65. The van der Waals surface area contributed by atoms with Crippen molar-refractivity contribution in [2.75, 3.05) is 19.7 Å². The first-order chi connectivity index (χ1) is 12.4. The molecule has 2 aliphatic heterocycles. The van der Waals surface area contributed by atoms with Crippen molar-refractivity contribution in [2.45, 2.75) is 25.0 Å². The van der Waals surface area contributed by atoms with E-state index in [4.69, 9.17) is 9.26 Å². The quantitative estimate of drug-likeness (QED) is 0.703. The predicted octanol–water partition coefficient (Wildman–Crippen LogP) is 1.25. The molecule has 0 bridgehead atoms. The van der Waals surface area contributed by atoms with Crippen molar-refractivity contribution in [3.63, 3.8) is 0 Å². The minimum Gasteiger partial charge on any atom is -0.367 e. The van der Waals surface area contributed by atoms with Crippen molar-refractivity contribution in [3.8, 4) is 17.1 Å². The summed E-state index contributed by atoms with van der Waals surface area (Å²) in [6.45, 7) is 2.70. The molecule has 0 aliphatic carbocycles. The van der Waals surface area contributed by atoms with Gasteiger partial charge in [0.2, 0.25) is 5.82 Å².